The second-order valence-electron chi connectivity index (χ2n) is 7.43. The van der Waals surface area contributed by atoms with Crippen LogP contribution in [0.4, 0.5) is 0 Å². The van der Waals surface area contributed by atoms with Crippen molar-refractivity contribution in [2.75, 3.05) is 27.2 Å². The zero-order valence-electron chi connectivity index (χ0n) is 15.9. The van der Waals surface area contributed by atoms with Crippen LogP contribution in [0, 0.1) is 11.8 Å². The Morgan fingerprint density at radius 1 is 1.33 bits per heavy atom. The molecule has 0 bridgehead atoms. The number of hydrogen-bond donors (Lipinski definition) is 1. The quantitative estimate of drug-likeness (QED) is 0.639. The van der Waals surface area contributed by atoms with E-state index in [2.05, 4.69) is 53.2 Å². The average molecular weight is 335 g/mol. The molecule has 0 atom stereocenters. The Morgan fingerprint density at radius 3 is 2.62 bits per heavy atom. The van der Waals surface area contributed by atoms with Crippen LogP contribution in [0.2, 0.25) is 0 Å². The molecule has 0 spiro atoms. The van der Waals surface area contributed by atoms with E-state index in [4.69, 9.17) is 4.52 Å². The van der Waals surface area contributed by atoms with E-state index in [0.29, 0.717) is 18.2 Å². The Morgan fingerprint density at radius 2 is 2.04 bits per heavy atom. The summed E-state index contributed by atoms with van der Waals surface area (Å²) >= 11 is 0. The van der Waals surface area contributed by atoms with Gasteiger partial charge in [0.1, 0.15) is 0 Å². The number of aromatic nitrogens is 2. The first-order valence-electron chi connectivity index (χ1n) is 9.23. The minimum absolute atomic E-state index is 0.299. The monoisotopic (exact) mass is 335 g/mol. The van der Waals surface area contributed by atoms with Crippen molar-refractivity contribution in [1.82, 2.24) is 20.4 Å². The Balaban J connectivity index is 1.74. The Bertz CT molecular complexity index is 517. The Labute approximate surface area is 146 Å². The van der Waals surface area contributed by atoms with E-state index in [1.807, 2.05) is 7.05 Å². The van der Waals surface area contributed by atoms with Gasteiger partial charge in [-0.15, -0.1) is 0 Å². The van der Waals surface area contributed by atoms with Gasteiger partial charge in [-0.1, -0.05) is 38.8 Å². The molecule has 1 aromatic heterocycles. The van der Waals surface area contributed by atoms with Crippen LogP contribution in [0.15, 0.2) is 9.52 Å². The fourth-order valence-electron chi connectivity index (χ4n) is 3.26. The molecular weight excluding hydrogens is 302 g/mol. The van der Waals surface area contributed by atoms with Gasteiger partial charge < -0.3 is 14.7 Å². The molecule has 0 unspecified atom stereocenters. The van der Waals surface area contributed by atoms with Crippen LogP contribution in [0.25, 0.3) is 0 Å². The molecule has 1 N–H and O–H groups in total. The summed E-state index contributed by atoms with van der Waals surface area (Å²) in [6.45, 7) is 8.32. The summed E-state index contributed by atoms with van der Waals surface area (Å²) in [5.74, 6) is 4.39. The third kappa shape index (κ3) is 5.49. The summed E-state index contributed by atoms with van der Waals surface area (Å²) in [4.78, 5) is 11.0. The van der Waals surface area contributed by atoms with Crippen molar-refractivity contribution < 1.29 is 4.52 Å². The second-order valence-corrected chi connectivity index (χ2v) is 7.43. The van der Waals surface area contributed by atoms with Gasteiger partial charge in [-0.3, -0.25) is 4.99 Å². The van der Waals surface area contributed by atoms with Crippen molar-refractivity contribution in [3.8, 4) is 0 Å². The van der Waals surface area contributed by atoms with E-state index in [1.165, 1.54) is 25.7 Å². The third-order valence-corrected chi connectivity index (χ3v) is 4.86. The number of aliphatic imine (C=N–C) groups is 1. The minimum atomic E-state index is 0.299. The van der Waals surface area contributed by atoms with E-state index in [1.54, 1.807) is 0 Å². The van der Waals surface area contributed by atoms with Crippen LogP contribution in [0.5, 0.6) is 0 Å². The zero-order chi connectivity index (χ0) is 17.5. The molecule has 136 valence electrons. The lowest BCUT2D eigenvalue weighted by Gasteiger charge is -2.31. The highest BCUT2D eigenvalue weighted by atomic mass is 16.5. The largest absolute Gasteiger partial charge is 0.356 e. The number of nitrogens with zero attached hydrogens (tertiary/aromatic N) is 4. The number of guanidine groups is 1. The maximum absolute atomic E-state index is 5.28. The predicted molar refractivity (Wildman–Crippen MR) is 97.2 cm³/mol. The fourth-order valence-corrected chi connectivity index (χ4v) is 3.26. The predicted octanol–water partition coefficient (Wildman–Crippen LogP) is 3.07. The molecule has 1 fully saturated rings. The van der Waals surface area contributed by atoms with Crippen molar-refractivity contribution in [2.24, 2.45) is 16.8 Å². The minimum Gasteiger partial charge on any atom is -0.356 e. The SMILES string of the molecule is CN=C(NCCc1nc(C(C)C)no1)N(C)CC1CCC(C)CC1. The summed E-state index contributed by atoms with van der Waals surface area (Å²) in [5, 5.41) is 7.40. The molecule has 0 aromatic carbocycles. The van der Waals surface area contributed by atoms with E-state index >= 15 is 0 Å². The molecule has 1 heterocycles. The van der Waals surface area contributed by atoms with Crippen LogP contribution < -0.4 is 5.32 Å². The van der Waals surface area contributed by atoms with E-state index in [-0.39, 0.29) is 0 Å². The summed E-state index contributed by atoms with van der Waals surface area (Å²) in [7, 11) is 3.96. The van der Waals surface area contributed by atoms with E-state index in [0.717, 1.165) is 36.7 Å². The van der Waals surface area contributed by atoms with Gasteiger partial charge in [0.2, 0.25) is 5.89 Å². The Kier molecular flexibility index (Phi) is 7.06. The van der Waals surface area contributed by atoms with Crippen LogP contribution in [-0.2, 0) is 6.42 Å². The smallest absolute Gasteiger partial charge is 0.228 e. The first-order chi connectivity index (χ1) is 11.5. The van der Waals surface area contributed by atoms with Gasteiger partial charge in [0, 0.05) is 39.5 Å². The highest BCUT2D eigenvalue weighted by molar-refractivity contribution is 5.79. The first-order valence-corrected chi connectivity index (χ1v) is 9.23. The molecule has 24 heavy (non-hydrogen) atoms. The lowest BCUT2D eigenvalue weighted by molar-refractivity contribution is 0.250. The molecule has 0 saturated heterocycles. The summed E-state index contributed by atoms with van der Waals surface area (Å²) in [5.41, 5.74) is 0. The van der Waals surface area contributed by atoms with Crippen molar-refractivity contribution in [3.63, 3.8) is 0 Å². The lowest BCUT2D eigenvalue weighted by Crippen LogP contribution is -2.42. The Hall–Kier alpha value is -1.59. The normalized spacial score (nSPS) is 22.0. The molecule has 1 aliphatic carbocycles. The van der Waals surface area contributed by atoms with Crippen molar-refractivity contribution >= 4 is 5.96 Å². The highest BCUT2D eigenvalue weighted by Gasteiger charge is 2.20. The third-order valence-electron chi connectivity index (χ3n) is 4.86. The maximum Gasteiger partial charge on any atom is 0.228 e. The molecule has 1 aromatic rings. The lowest BCUT2D eigenvalue weighted by atomic mass is 9.83. The van der Waals surface area contributed by atoms with Gasteiger partial charge in [0.25, 0.3) is 0 Å². The van der Waals surface area contributed by atoms with Crippen molar-refractivity contribution in [3.05, 3.63) is 11.7 Å². The summed E-state index contributed by atoms with van der Waals surface area (Å²) in [6, 6.07) is 0. The van der Waals surface area contributed by atoms with Crippen LogP contribution >= 0.6 is 0 Å². The van der Waals surface area contributed by atoms with E-state index in [9.17, 15) is 0 Å². The molecule has 0 radical (unpaired) electrons. The van der Waals surface area contributed by atoms with Crippen molar-refractivity contribution in [1.29, 1.82) is 0 Å². The average Bonchev–Trinajstić information content (AvgIpc) is 3.03. The highest BCUT2D eigenvalue weighted by Crippen LogP contribution is 2.28. The van der Waals surface area contributed by atoms with Crippen LogP contribution in [-0.4, -0.2) is 48.2 Å². The summed E-state index contributed by atoms with van der Waals surface area (Å²) < 4.78 is 5.28. The van der Waals surface area contributed by atoms with Gasteiger partial charge in [-0.05, 0) is 24.7 Å². The first kappa shape index (κ1) is 18.7. The molecular formula is C18H33N5O. The summed E-state index contributed by atoms with van der Waals surface area (Å²) in [6.07, 6.45) is 6.11. The number of hydrogen-bond acceptors (Lipinski definition) is 4. The second kappa shape index (κ2) is 9.04. The fraction of sp³-hybridized carbons (Fsp3) is 0.833. The van der Waals surface area contributed by atoms with Gasteiger partial charge in [-0.25, -0.2) is 0 Å². The van der Waals surface area contributed by atoms with Crippen molar-refractivity contribution in [2.45, 2.75) is 58.8 Å². The standard InChI is InChI=1S/C18H33N5O/c1-13(2)17-21-16(24-22-17)10-11-20-18(19-4)23(5)12-15-8-6-14(3)7-9-15/h13-15H,6-12H2,1-5H3,(H,19,20). The van der Waals surface area contributed by atoms with Gasteiger partial charge in [-0.2, -0.15) is 4.98 Å². The van der Waals surface area contributed by atoms with Gasteiger partial charge >= 0.3 is 0 Å². The van der Waals surface area contributed by atoms with Gasteiger partial charge in [0.15, 0.2) is 11.8 Å². The zero-order valence-corrected chi connectivity index (χ0v) is 15.9. The molecule has 6 heteroatoms. The number of nitrogens with one attached hydrogen (secondary N) is 1. The van der Waals surface area contributed by atoms with Gasteiger partial charge in [0.05, 0.1) is 0 Å². The maximum atomic E-state index is 5.28. The molecule has 0 amide bonds. The molecule has 1 saturated carbocycles. The molecule has 6 nitrogen and oxygen atoms in total. The van der Waals surface area contributed by atoms with Crippen LogP contribution in [0.3, 0.4) is 0 Å². The topological polar surface area (TPSA) is 66.5 Å². The van der Waals surface area contributed by atoms with E-state index < -0.39 is 0 Å². The molecule has 1 aliphatic rings. The number of rotatable bonds is 6. The molecule has 0 aliphatic heterocycles. The molecule has 2 rings (SSSR count). The van der Waals surface area contributed by atoms with Crippen LogP contribution in [0.1, 0.15) is 64.1 Å².